The predicted molar refractivity (Wildman–Crippen MR) is 105 cm³/mol. The Balaban J connectivity index is 1.34. The van der Waals surface area contributed by atoms with Crippen molar-refractivity contribution in [1.29, 1.82) is 0 Å². The predicted octanol–water partition coefficient (Wildman–Crippen LogP) is 4.31. The van der Waals surface area contributed by atoms with E-state index >= 15 is 0 Å². The first-order chi connectivity index (χ1) is 12.7. The smallest absolute Gasteiger partial charge is 0.267 e. The van der Waals surface area contributed by atoms with Crippen LogP contribution in [0.1, 0.15) is 58.8 Å². The summed E-state index contributed by atoms with van der Waals surface area (Å²) in [4.78, 5) is 33.0. The molecule has 5 nitrogen and oxygen atoms in total. The fourth-order valence-corrected chi connectivity index (χ4v) is 5.45. The number of thiazole rings is 1. The molecule has 2 aromatic rings. The van der Waals surface area contributed by atoms with Gasteiger partial charge in [-0.05, 0) is 23.8 Å². The Labute approximate surface area is 161 Å². The van der Waals surface area contributed by atoms with Crippen molar-refractivity contribution in [2.45, 2.75) is 51.5 Å². The van der Waals surface area contributed by atoms with Crippen molar-refractivity contribution in [2.24, 2.45) is 5.92 Å². The van der Waals surface area contributed by atoms with Crippen LogP contribution < -0.4 is 5.32 Å². The van der Waals surface area contributed by atoms with Gasteiger partial charge in [-0.2, -0.15) is 0 Å². The summed E-state index contributed by atoms with van der Waals surface area (Å²) in [6.07, 6.45) is 7.71. The summed E-state index contributed by atoms with van der Waals surface area (Å²) in [5, 5.41) is 5.40. The monoisotopic (exact) mass is 389 g/mol. The molecule has 2 aromatic heterocycles. The van der Waals surface area contributed by atoms with E-state index in [-0.39, 0.29) is 11.8 Å². The average Bonchev–Trinajstić information content (AvgIpc) is 3.39. The van der Waals surface area contributed by atoms with Gasteiger partial charge in [-0.25, -0.2) is 4.98 Å². The molecule has 3 heterocycles. The van der Waals surface area contributed by atoms with E-state index in [1.54, 1.807) is 6.07 Å². The zero-order chi connectivity index (χ0) is 17.9. The van der Waals surface area contributed by atoms with Crippen LogP contribution in [0.15, 0.2) is 17.5 Å². The number of carbonyl (C=O) groups is 2. The highest BCUT2D eigenvalue weighted by Crippen LogP contribution is 2.31. The van der Waals surface area contributed by atoms with Crippen LogP contribution in [0, 0.1) is 5.92 Å². The third-order valence-corrected chi connectivity index (χ3v) is 7.16. The summed E-state index contributed by atoms with van der Waals surface area (Å²) in [7, 11) is 0. The summed E-state index contributed by atoms with van der Waals surface area (Å²) >= 11 is 2.91. The molecule has 1 aliphatic heterocycles. The number of aromatic nitrogens is 1. The number of anilines is 1. The molecule has 0 spiro atoms. The number of rotatable bonds is 5. The van der Waals surface area contributed by atoms with Crippen LogP contribution in [0.2, 0.25) is 0 Å². The van der Waals surface area contributed by atoms with Gasteiger partial charge in [-0.3, -0.25) is 14.9 Å². The number of fused-ring (bicyclic) bond motifs is 1. The van der Waals surface area contributed by atoms with Crippen molar-refractivity contribution >= 4 is 39.6 Å². The van der Waals surface area contributed by atoms with Crippen LogP contribution in [0.4, 0.5) is 5.13 Å². The topological polar surface area (TPSA) is 62.3 Å². The van der Waals surface area contributed by atoms with E-state index < -0.39 is 0 Å². The van der Waals surface area contributed by atoms with Gasteiger partial charge < -0.3 is 4.90 Å². The standard InChI is InChI=1S/C19H23N3O2S2/c23-17(8-7-13-4-1-2-5-13)22-10-9-14-16(12-22)26-19(20-14)21-18(24)15-6-3-11-25-15/h3,6,11,13H,1-2,4-5,7-10,12H2,(H,20,21,24). The minimum atomic E-state index is -0.115. The molecule has 0 unspecified atom stereocenters. The first kappa shape index (κ1) is 17.7. The third-order valence-electron chi connectivity index (χ3n) is 5.29. The van der Waals surface area contributed by atoms with Crippen molar-refractivity contribution in [1.82, 2.24) is 9.88 Å². The lowest BCUT2D eigenvalue weighted by molar-refractivity contribution is -0.132. The largest absolute Gasteiger partial charge is 0.337 e. The summed E-state index contributed by atoms with van der Waals surface area (Å²) in [6.45, 7) is 1.36. The summed E-state index contributed by atoms with van der Waals surface area (Å²) in [6, 6.07) is 3.67. The molecule has 7 heteroatoms. The van der Waals surface area contributed by atoms with Crippen LogP contribution in [-0.4, -0.2) is 28.2 Å². The van der Waals surface area contributed by atoms with Crippen LogP contribution in [-0.2, 0) is 17.8 Å². The lowest BCUT2D eigenvalue weighted by atomic mass is 10.0. The molecule has 0 bridgehead atoms. The molecule has 1 N–H and O–H groups in total. The minimum Gasteiger partial charge on any atom is -0.337 e. The maximum absolute atomic E-state index is 12.5. The highest BCUT2D eigenvalue weighted by Gasteiger charge is 2.25. The molecule has 1 fully saturated rings. The van der Waals surface area contributed by atoms with E-state index in [0.29, 0.717) is 23.0 Å². The lowest BCUT2D eigenvalue weighted by Gasteiger charge is -2.26. The second-order valence-electron chi connectivity index (χ2n) is 7.07. The highest BCUT2D eigenvalue weighted by molar-refractivity contribution is 7.16. The van der Waals surface area contributed by atoms with Crippen LogP contribution in [0.3, 0.4) is 0 Å². The SMILES string of the molecule is O=C(Nc1nc2c(s1)CN(C(=O)CCC1CCCC1)CC2)c1cccs1. The molecule has 138 valence electrons. The maximum Gasteiger partial charge on any atom is 0.267 e. The zero-order valence-electron chi connectivity index (χ0n) is 14.7. The number of carbonyl (C=O) groups excluding carboxylic acids is 2. The Hall–Kier alpha value is -1.73. The molecule has 4 rings (SSSR count). The molecular formula is C19H23N3O2S2. The minimum absolute atomic E-state index is 0.115. The van der Waals surface area contributed by atoms with Crippen LogP contribution in [0.25, 0.3) is 0 Å². The van der Waals surface area contributed by atoms with Gasteiger partial charge in [0.05, 0.1) is 17.1 Å². The number of nitrogens with one attached hydrogen (secondary N) is 1. The second-order valence-corrected chi connectivity index (χ2v) is 9.11. The molecule has 0 aromatic carbocycles. The van der Waals surface area contributed by atoms with Gasteiger partial charge >= 0.3 is 0 Å². The van der Waals surface area contributed by atoms with Crippen molar-refractivity contribution < 1.29 is 9.59 Å². The summed E-state index contributed by atoms with van der Waals surface area (Å²) in [5.41, 5.74) is 1.02. The number of hydrogen-bond acceptors (Lipinski definition) is 5. The fourth-order valence-electron chi connectivity index (χ4n) is 3.81. The molecular weight excluding hydrogens is 366 g/mol. The number of thiophene rings is 1. The van der Waals surface area contributed by atoms with Crippen LogP contribution in [0.5, 0.6) is 0 Å². The van der Waals surface area contributed by atoms with Gasteiger partial charge in [0.25, 0.3) is 5.91 Å². The number of nitrogens with zero attached hydrogens (tertiary/aromatic N) is 2. The first-order valence-electron chi connectivity index (χ1n) is 9.30. The van der Waals surface area contributed by atoms with Gasteiger partial charge in [0.15, 0.2) is 5.13 Å². The molecule has 0 saturated heterocycles. The van der Waals surface area contributed by atoms with Gasteiger partial charge in [-0.1, -0.05) is 43.1 Å². The molecule has 2 amide bonds. The van der Waals surface area contributed by atoms with E-state index in [9.17, 15) is 9.59 Å². The number of amides is 2. The van der Waals surface area contributed by atoms with Crippen molar-refractivity contribution in [3.8, 4) is 0 Å². The zero-order valence-corrected chi connectivity index (χ0v) is 16.3. The van der Waals surface area contributed by atoms with Gasteiger partial charge in [0.1, 0.15) is 0 Å². The highest BCUT2D eigenvalue weighted by atomic mass is 32.1. The molecule has 0 radical (unpaired) electrons. The van der Waals surface area contributed by atoms with E-state index in [2.05, 4.69) is 10.3 Å². The maximum atomic E-state index is 12.5. The first-order valence-corrected chi connectivity index (χ1v) is 11.0. The van der Waals surface area contributed by atoms with Crippen molar-refractivity contribution in [2.75, 3.05) is 11.9 Å². The van der Waals surface area contributed by atoms with Gasteiger partial charge in [0.2, 0.25) is 5.91 Å². The fraction of sp³-hybridized carbons (Fsp3) is 0.526. The molecule has 0 atom stereocenters. The molecule has 26 heavy (non-hydrogen) atoms. The summed E-state index contributed by atoms with van der Waals surface area (Å²) in [5.74, 6) is 0.900. The van der Waals surface area contributed by atoms with Crippen molar-refractivity contribution in [3.63, 3.8) is 0 Å². The Morgan fingerprint density at radius 1 is 1.31 bits per heavy atom. The average molecular weight is 390 g/mol. The molecule has 1 saturated carbocycles. The van der Waals surface area contributed by atoms with Crippen molar-refractivity contribution in [3.05, 3.63) is 33.0 Å². The number of hydrogen-bond donors (Lipinski definition) is 1. The van der Waals surface area contributed by atoms with Crippen LogP contribution >= 0.6 is 22.7 Å². The molecule has 2 aliphatic rings. The molecule has 1 aliphatic carbocycles. The van der Waals surface area contributed by atoms with E-state index in [4.69, 9.17) is 0 Å². The summed E-state index contributed by atoms with van der Waals surface area (Å²) < 4.78 is 0. The Kier molecular flexibility index (Phi) is 5.36. The Morgan fingerprint density at radius 3 is 2.92 bits per heavy atom. The van der Waals surface area contributed by atoms with E-state index in [1.165, 1.54) is 48.4 Å². The quantitative estimate of drug-likeness (QED) is 0.829. The van der Waals surface area contributed by atoms with Gasteiger partial charge in [-0.15, -0.1) is 11.3 Å². The van der Waals surface area contributed by atoms with Gasteiger partial charge in [0, 0.05) is 24.3 Å². The van der Waals surface area contributed by atoms with E-state index in [1.807, 2.05) is 16.3 Å². The Bertz CT molecular complexity index is 779. The Morgan fingerprint density at radius 2 is 2.15 bits per heavy atom. The normalized spacial score (nSPS) is 17.3. The lowest BCUT2D eigenvalue weighted by Crippen LogP contribution is -2.35. The van der Waals surface area contributed by atoms with E-state index in [0.717, 1.165) is 35.9 Å². The third kappa shape index (κ3) is 3.99. The second kappa shape index (κ2) is 7.88.